The highest BCUT2D eigenvalue weighted by atomic mass is 16.5. The van der Waals surface area contributed by atoms with Gasteiger partial charge in [0.1, 0.15) is 11.9 Å². The summed E-state index contributed by atoms with van der Waals surface area (Å²) in [4.78, 5) is 4.13. The van der Waals surface area contributed by atoms with Crippen LogP contribution in [0.2, 0.25) is 0 Å². The summed E-state index contributed by atoms with van der Waals surface area (Å²) in [5.74, 6) is 0.574. The standard InChI is InChI=1S/C12H16N4O/c1-17-12(3-2-4-12)8-16-11-9(6-13)5-10(14)7-15-11/h5,7H,2-4,8,14H2,1H3,(H,15,16). The highest BCUT2D eigenvalue weighted by molar-refractivity contribution is 5.57. The van der Waals surface area contributed by atoms with Crippen molar-refractivity contribution < 1.29 is 4.74 Å². The summed E-state index contributed by atoms with van der Waals surface area (Å²) in [6.45, 7) is 0.676. The maximum absolute atomic E-state index is 8.98. The van der Waals surface area contributed by atoms with Gasteiger partial charge in [-0.25, -0.2) is 4.98 Å². The Morgan fingerprint density at radius 3 is 2.94 bits per heavy atom. The first-order chi connectivity index (χ1) is 8.19. The number of rotatable bonds is 4. The smallest absolute Gasteiger partial charge is 0.144 e. The molecule has 0 atom stereocenters. The number of pyridine rings is 1. The quantitative estimate of drug-likeness (QED) is 0.822. The number of methoxy groups -OCH3 is 1. The Morgan fingerprint density at radius 2 is 2.41 bits per heavy atom. The second-order valence-corrected chi connectivity index (χ2v) is 4.37. The van der Waals surface area contributed by atoms with Crippen molar-refractivity contribution in [2.45, 2.75) is 24.9 Å². The Hall–Kier alpha value is -1.80. The molecule has 5 nitrogen and oxygen atoms in total. The van der Waals surface area contributed by atoms with Crippen LogP contribution in [0.5, 0.6) is 0 Å². The second-order valence-electron chi connectivity index (χ2n) is 4.37. The van der Waals surface area contributed by atoms with E-state index in [1.165, 1.54) is 6.42 Å². The summed E-state index contributed by atoms with van der Waals surface area (Å²) >= 11 is 0. The van der Waals surface area contributed by atoms with Gasteiger partial charge in [-0.05, 0) is 25.3 Å². The van der Waals surface area contributed by atoms with Crippen LogP contribution < -0.4 is 11.1 Å². The predicted molar refractivity (Wildman–Crippen MR) is 65.4 cm³/mol. The van der Waals surface area contributed by atoms with Crippen molar-refractivity contribution in [3.8, 4) is 6.07 Å². The van der Waals surface area contributed by atoms with Gasteiger partial charge in [-0.15, -0.1) is 0 Å². The van der Waals surface area contributed by atoms with Gasteiger partial charge in [0.2, 0.25) is 0 Å². The van der Waals surface area contributed by atoms with Gasteiger partial charge >= 0.3 is 0 Å². The van der Waals surface area contributed by atoms with Gasteiger partial charge in [0.25, 0.3) is 0 Å². The van der Waals surface area contributed by atoms with E-state index in [9.17, 15) is 0 Å². The third-order valence-corrected chi connectivity index (χ3v) is 3.31. The fraction of sp³-hybridized carbons (Fsp3) is 0.500. The molecule has 1 aliphatic rings. The van der Waals surface area contributed by atoms with Crippen molar-refractivity contribution in [1.82, 2.24) is 4.98 Å². The third-order valence-electron chi connectivity index (χ3n) is 3.31. The summed E-state index contributed by atoms with van der Waals surface area (Å²) in [6, 6.07) is 3.70. The van der Waals surface area contributed by atoms with E-state index >= 15 is 0 Å². The molecule has 17 heavy (non-hydrogen) atoms. The second kappa shape index (κ2) is 4.60. The third kappa shape index (κ3) is 2.32. The first-order valence-electron chi connectivity index (χ1n) is 5.64. The Labute approximate surface area is 101 Å². The molecule has 0 aliphatic heterocycles. The van der Waals surface area contributed by atoms with E-state index in [2.05, 4.69) is 16.4 Å². The maximum Gasteiger partial charge on any atom is 0.144 e. The largest absolute Gasteiger partial charge is 0.397 e. The Balaban J connectivity index is 2.06. The van der Waals surface area contributed by atoms with E-state index in [0.29, 0.717) is 23.6 Å². The number of nitrogen functional groups attached to an aromatic ring is 1. The van der Waals surface area contributed by atoms with Crippen molar-refractivity contribution in [3.05, 3.63) is 17.8 Å². The molecule has 90 valence electrons. The molecule has 1 aliphatic carbocycles. The van der Waals surface area contributed by atoms with Gasteiger partial charge in [-0.2, -0.15) is 5.26 Å². The summed E-state index contributed by atoms with van der Waals surface area (Å²) in [5, 5.41) is 12.2. The number of ether oxygens (including phenoxy) is 1. The molecule has 1 saturated carbocycles. The zero-order chi connectivity index (χ0) is 12.3. The average molecular weight is 232 g/mol. The van der Waals surface area contributed by atoms with Crippen LogP contribution >= 0.6 is 0 Å². The number of aromatic nitrogens is 1. The summed E-state index contributed by atoms with van der Waals surface area (Å²) in [7, 11) is 1.72. The minimum atomic E-state index is -0.0875. The van der Waals surface area contributed by atoms with Crippen molar-refractivity contribution in [2.75, 3.05) is 24.7 Å². The highest BCUT2D eigenvalue weighted by Crippen LogP contribution is 2.35. The van der Waals surface area contributed by atoms with Gasteiger partial charge in [0, 0.05) is 13.7 Å². The van der Waals surface area contributed by atoms with Crippen LogP contribution in [0, 0.1) is 11.3 Å². The molecule has 1 aromatic heterocycles. The molecule has 5 heteroatoms. The summed E-state index contributed by atoms with van der Waals surface area (Å²) in [5.41, 5.74) is 6.46. The van der Waals surface area contributed by atoms with E-state index in [4.69, 9.17) is 15.7 Å². The van der Waals surface area contributed by atoms with Crippen LogP contribution in [0.3, 0.4) is 0 Å². The molecular weight excluding hydrogens is 216 g/mol. The molecule has 0 unspecified atom stereocenters. The van der Waals surface area contributed by atoms with Gasteiger partial charge in [0.15, 0.2) is 0 Å². The minimum Gasteiger partial charge on any atom is -0.397 e. The lowest BCUT2D eigenvalue weighted by Crippen LogP contribution is -2.45. The highest BCUT2D eigenvalue weighted by Gasteiger charge is 2.36. The van der Waals surface area contributed by atoms with Gasteiger partial charge < -0.3 is 15.8 Å². The number of hydrogen-bond acceptors (Lipinski definition) is 5. The van der Waals surface area contributed by atoms with Crippen molar-refractivity contribution >= 4 is 11.5 Å². The van der Waals surface area contributed by atoms with Crippen LogP contribution in [0.25, 0.3) is 0 Å². The zero-order valence-electron chi connectivity index (χ0n) is 9.86. The SMILES string of the molecule is COC1(CNc2ncc(N)cc2C#N)CCC1. The van der Waals surface area contributed by atoms with Gasteiger partial charge in [-0.3, -0.25) is 0 Å². The summed E-state index contributed by atoms with van der Waals surface area (Å²) < 4.78 is 5.49. The Morgan fingerprint density at radius 1 is 1.65 bits per heavy atom. The number of nitriles is 1. The van der Waals surface area contributed by atoms with E-state index in [-0.39, 0.29) is 5.60 Å². The van der Waals surface area contributed by atoms with E-state index in [1.54, 1.807) is 19.4 Å². The molecule has 0 radical (unpaired) electrons. The van der Waals surface area contributed by atoms with E-state index < -0.39 is 0 Å². The minimum absolute atomic E-state index is 0.0875. The topological polar surface area (TPSA) is 84.0 Å². The van der Waals surface area contributed by atoms with Gasteiger partial charge in [-0.1, -0.05) is 0 Å². The molecule has 1 aromatic rings. The predicted octanol–water partition coefficient (Wildman–Crippen LogP) is 1.52. The molecule has 0 spiro atoms. The van der Waals surface area contributed by atoms with Crippen LogP contribution in [0.4, 0.5) is 11.5 Å². The number of anilines is 2. The van der Waals surface area contributed by atoms with E-state index in [0.717, 1.165) is 12.8 Å². The molecule has 0 amide bonds. The van der Waals surface area contributed by atoms with Crippen LogP contribution in [0.1, 0.15) is 24.8 Å². The van der Waals surface area contributed by atoms with Crippen molar-refractivity contribution in [3.63, 3.8) is 0 Å². The van der Waals surface area contributed by atoms with Crippen LogP contribution in [-0.4, -0.2) is 24.2 Å². The molecule has 1 heterocycles. The molecule has 2 rings (SSSR count). The van der Waals surface area contributed by atoms with Gasteiger partial charge in [0.05, 0.1) is 23.0 Å². The number of nitrogens with one attached hydrogen (secondary N) is 1. The lowest BCUT2D eigenvalue weighted by atomic mass is 9.80. The molecule has 0 aromatic carbocycles. The first-order valence-corrected chi connectivity index (χ1v) is 5.64. The molecular formula is C12H16N4O. The summed E-state index contributed by atoms with van der Waals surface area (Å²) in [6.07, 6.45) is 4.83. The normalized spacial score (nSPS) is 16.9. The van der Waals surface area contributed by atoms with Crippen LogP contribution in [-0.2, 0) is 4.74 Å². The Kier molecular flexibility index (Phi) is 3.16. The molecule has 0 bridgehead atoms. The number of nitrogens with two attached hydrogens (primary N) is 1. The molecule has 0 saturated heterocycles. The monoisotopic (exact) mass is 232 g/mol. The molecule has 3 N–H and O–H groups in total. The first kappa shape index (κ1) is 11.7. The van der Waals surface area contributed by atoms with Crippen molar-refractivity contribution in [1.29, 1.82) is 5.26 Å². The zero-order valence-corrected chi connectivity index (χ0v) is 9.86. The lowest BCUT2D eigenvalue weighted by Gasteiger charge is -2.40. The van der Waals surface area contributed by atoms with Crippen molar-refractivity contribution in [2.24, 2.45) is 0 Å². The van der Waals surface area contributed by atoms with Crippen LogP contribution in [0.15, 0.2) is 12.3 Å². The average Bonchev–Trinajstić information content (AvgIpc) is 2.29. The molecule has 1 fully saturated rings. The number of hydrogen-bond donors (Lipinski definition) is 2. The Bertz CT molecular complexity index is 443. The van der Waals surface area contributed by atoms with E-state index in [1.807, 2.05) is 0 Å². The number of nitrogens with zero attached hydrogens (tertiary/aromatic N) is 2. The fourth-order valence-corrected chi connectivity index (χ4v) is 1.98. The lowest BCUT2D eigenvalue weighted by molar-refractivity contribution is -0.0601. The maximum atomic E-state index is 8.98. The fourth-order valence-electron chi connectivity index (χ4n) is 1.98.